The molecular weight excluding hydrogens is 631 g/mol. The van der Waals surface area contributed by atoms with Gasteiger partial charge in [0.05, 0.1) is 11.4 Å². The van der Waals surface area contributed by atoms with E-state index in [1.807, 2.05) is 12.1 Å². The highest BCUT2D eigenvalue weighted by Crippen LogP contribution is 2.41. The summed E-state index contributed by atoms with van der Waals surface area (Å²) in [5, 5.41) is 4.85. The van der Waals surface area contributed by atoms with Crippen molar-refractivity contribution in [2.75, 3.05) is 0 Å². The zero-order valence-corrected chi connectivity index (χ0v) is 29.1. The van der Waals surface area contributed by atoms with Crippen molar-refractivity contribution in [3.63, 3.8) is 0 Å². The molecule has 0 N–H and O–H groups in total. The van der Waals surface area contributed by atoms with Gasteiger partial charge >= 0.3 is 0 Å². The molecule has 9 aromatic rings. The molecule has 2 aromatic heterocycles. The Morgan fingerprint density at radius 3 is 1.33 bits per heavy atom. The highest BCUT2D eigenvalue weighted by molar-refractivity contribution is 6.13. The maximum Gasteiger partial charge on any atom is 0.160 e. The predicted molar refractivity (Wildman–Crippen MR) is 217 cm³/mol. The van der Waals surface area contributed by atoms with Gasteiger partial charge in [-0.05, 0) is 117 Å². The Morgan fingerprint density at radius 2 is 0.750 bits per heavy atom. The van der Waals surface area contributed by atoms with Crippen LogP contribution in [0.4, 0.5) is 0 Å². The highest BCUT2D eigenvalue weighted by atomic mass is 14.9. The smallest absolute Gasteiger partial charge is 0.160 e. The second-order valence-corrected chi connectivity index (χ2v) is 13.4. The summed E-state index contributed by atoms with van der Waals surface area (Å²) in [5.74, 6) is 0.685. The van der Waals surface area contributed by atoms with E-state index in [2.05, 4.69) is 183 Å². The normalized spacial score (nSPS) is 11.3. The van der Waals surface area contributed by atoms with E-state index in [0.29, 0.717) is 5.82 Å². The second-order valence-electron chi connectivity index (χ2n) is 13.4. The summed E-state index contributed by atoms with van der Waals surface area (Å²) in [6.07, 6.45) is 0. The van der Waals surface area contributed by atoms with Gasteiger partial charge in [-0.1, -0.05) is 127 Å². The monoisotopic (exact) mass is 665 g/mol. The van der Waals surface area contributed by atoms with Crippen LogP contribution in [0.2, 0.25) is 0 Å². The van der Waals surface area contributed by atoms with E-state index in [1.165, 1.54) is 27.1 Å². The van der Waals surface area contributed by atoms with Crippen LogP contribution in [-0.2, 0) is 0 Å². The van der Waals surface area contributed by atoms with E-state index < -0.39 is 0 Å². The lowest BCUT2D eigenvalue weighted by Crippen LogP contribution is -1.97. The summed E-state index contributed by atoms with van der Waals surface area (Å²) < 4.78 is 0. The number of hydrogen-bond acceptors (Lipinski definition) is 3. The quantitative estimate of drug-likeness (QED) is 0.166. The van der Waals surface area contributed by atoms with Gasteiger partial charge in [-0.3, -0.25) is 4.98 Å². The zero-order chi connectivity index (χ0) is 35.0. The van der Waals surface area contributed by atoms with Gasteiger partial charge in [-0.2, -0.15) is 0 Å². The Morgan fingerprint density at radius 1 is 0.308 bits per heavy atom. The topological polar surface area (TPSA) is 38.7 Å². The van der Waals surface area contributed by atoms with E-state index in [1.54, 1.807) is 0 Å². The molecule has 3 nitrogen and oxygen atoms in total. The Kier molecular flexibility index (Phi) is 7.94. The van der Waals surface area contributed by atoms with Gasteiger partial charge in [0.25, 0.3) is 0 Å². The maximum atomic E-state index is 5.26. The fraction of sp³-hybridized carbons (Fsp3) is 0.0408. The average Bonchev–Trinajstić information content (AvgIpc) is 3.20. The summed E-state index contributed by atoms with van der Waals surface area (Å²) in [6.45, 7) is 4.11. The highest BCUT2D eigenvalue weighted by Gasteiger charge is 2.17. The standard InChI is InChI=1S/C49H35N3/c1-32-24-40(25-33(2)50-32)36-20-13-21-37(26-36)41-28-42(48-44-22-11-9-18-38(44)27-39-19-10-12-23-45(39)48)30-43(29-41)49-51-46(34-14-5-3-6-15-34)31-47(52-49)35-16-7-4-8-17-35/h3-31H,1-2H3. The van der Waals surface area contributed by atoms with Gasteiger partial charge in [-0.15, -0.1) is 0 Å². The van der Waals surface area contributed by atoms with Crippen molar-refractivity contribution in [1.29, 1.82) is 0 Å². The molecule has 2 heterocycles. The molecule has 0 aliphatic carbocycles. The predicted octanol–water partition coefficient (Wildman–Crippen LogP) is 12.8. The van der Waals surface area contributed by atoms with Crippen LogP contribution in [0.15, 0.2) is 176 Å². The molecule has 0 amide bonds. The van der Waals surface area contributed by atoms with Crippen LogP contribution >= 0.6 is 0 Å². The van der Waals surface area contributed by atoms with Gasteiger partial charge in [0, 0.05) is 28.1 Å². The molecule has 0 fully saturated rings. The van der Waals surface area contributed by atoms with Crippen molar-refractivity contribution in [2.24, 2.45) is 0 Å². The van der Waals surface area contributed by atoms with E-state index in [0.717, 1.165) is 67.3 Å². The first-order valence-corrected chi connectivity index (χ1v) is 17.7. The van der Waals surface area contributed by atoms with Crippen LogP contribution in [-0.4, -0.2) is 15.0 Å². The third-order valence-corrected chi connectivity index (χ3v) is 9.73. The summed E-state index contributed by atoms with van der Waals surface area (Å²) >= 11 is 0. The molecule has 0 aliphatic rings. The van der Waals surface area contributed by atoms with Gasteiger partial charge in [0.1, 0.15) is 0 Å². The average molecular weight is 666 g/mol. The molecule has 0 spiro atoms. The maximum absolute atomic E-state index is 5.26. The largest absolute Gasteiger partial charge is 0.258 e. The number of aryl methyl sites for hydroxylation is 2. The van der Waals surface area contributed by atoms with Gasteiger partial charge < -0.3 is 0 Å². The number of aromatic nitrogens is 3. The lowest BCUT2D eigenvalue weighted by atomic mass is 9.89. The number of rotatable bonds is 6. The van der Waals surface area contributed by atoms with Gasteiger partial charge in [-0.25, -0.2) is 9.97 Å². The fourth-order valence-electron chi connectivity index (χ4n) is 7.36. The van der Waals surface area contributed by atoms with Crippen LogP contribution in [0.25, 0.3) is 88.8 Å². The number of hydrogen-bond donors (Lipinski definition) is 0. The van der Waals surface area contributed by atoms with Crippen LogP contribution in [0.1, 0.15) is 11.4 Å². The molecule has 0 aliphatic heterocycles. The first-order chi connectivity index (χ1) is 25.6. The Balaban J connectivity index is 1.32. The summed E-state index contributed by atoms with van der Waals surface area (Å²) in [4.78, 5) is 15.1. The molecule has 0 atom stereocenters. The Hall–Kier alpha value is -6.71. The summed E-state index contributed by atoms with van der Waals surface area (Å²) in [6, 6.07) is 62.5. The Bertz CT molecular complexity index is 2620. The fourth-order valence-corrected chi connectivity index (χ4v) is 7.36. The minimum atomic E-state index is 0.685. The number of benzene rings is 7. The molecule has 9 rings (SSSR count). The summed E-state index contributed by atoms with van der Waals surface area (Å²) in [7, 11) is 0. The molecule has 246 valence electrons. The first-order valence-electron chi connectivity index (χ1n) is 17.7. The van der Waals surface area contributed by atoms with Crippen molar-refractivity contribution in [1.82, 2.24) is 15.0 Å². The van der Waals surface area contributed by atoms with Crippen LogP contribution in [0.5, 0.6) is 0 Å². The van der Waals surface area contributed by atoms with Gasteiger partial charge in [0.2, 0.25) is 0 Å². The summed E-state index contributed by atoms with van der Waals surface area (Å²) in [5.41, 5.74) is 13.7. The van der Waals surface area contributed by atoms with Crippen LogP contribution in [0.3, 0.4) is 0 Å². The van der Waals surface area contributed by atoms with E-state index in [-0.39, 0.29) is 0 Å². The second kappa shape index (κ2) is 13.2. The molecule has 0 radical (unpaired) electrons. The molecule has 0 bridgehead atoms. The lowest BCUT2D eigenvalue weighted by Gasteiger charge is -2.16. The molecule has 52 heavy (non-hydrogen) atoms. The van der Waals surface area contributed by atoms with Gasteiger partial charge in [0.15, 0.2) is 5.82 Å². The van der Waals surface area contributed by atoms with Crippen molar-refractivity contribution < 1.29 is 0 Å². The SMILES string of the molecule is Cc1cc(-c2cccc(-c3cc(-c4nc(-c5ccccc5)cc(-c5ccccc5)n4)cc(-c4c5ccccc5cc5ccccc45)c3)c2)cc(C)n1. The Labute approximate surface area is 304 Å². The first kappa shape index (κ1) is 31.3. The number of nitrogens with zero attached hydrogens (tertiary/aromatic N) is 3. The number of pyridine rings is 1. The minimum Gasteiger partial charge on any atom is -0.258 e. The minimum absolute atomic E-state index is 0.685. The molecule has 3 heteroatoms. The zero-order valence-electron chi connectivity index (χ0n) is 29.1. The lowest BCUT2D eigenvalue weighted by molar-refractivity contribution is 1.12. The van der Waals surface area contributed by atoms with Crippen molar-refractivity contribution >= 4 is 21.5 Å². The van der Waals surface area contributed by atoms with Crippen LogP contribution < -0.4 is 0 Å². The van der Waals surface area contributed by atoms with Crippen LogP contribution in [0, 0.1) is 13.8 Å². The third-order valence-electron chi connectivity index (χ3n) is 9.73. The van der Waals surface area contributed by atoms with E-state index in [9.17, 15) is 0 Å². The van der Waals surface area contributed by atoms with Crippen molar-refractivity contribution in [3.05, 3.63) is 187 Å². The van der Waals surface area contributed by atoms with Crippen molar-refractivity contribution in [3.8, 4) is 67.3 Å². The van der Waals surface area contributed by atoms with Crippen molar-refractivity contribution in [2.45, 2.75) is 13.8 Å². The molecule has 0 saturated carbocycles. The molecule has 0 saturated heterocycles. The molecule has 7 aromatic carbocycles. The molecule has 0 unspecified atom stereocenters. The van der Waals surface area contributed by atoms with E-state index >= 15 is 0 Å². The number of fused-ring (bicyclic) bond motifs is 2. The van der Waals surface area contributed by atoms with E-state index in [4.69, 9.17) is 9.97 Å². The molecular formula is C49H35N3. The third kappa shape index (κ3) is 6.03.